The van der Waals surface area contributed by atoms with E-state index in [1.165, 1.54) is 0 Å². The van der Waals surface area contributed by atoms with E-state index in [1.807, 2.05) is 0 Å². The first kappa shape index (κ1) is 20.4. The minimum Gasteiger partial charge on any atom is -0.228 e. The molecule has 0 aromatic heterocycles. The second-order valence-electron chi connectivity index (χ2n) is 3.29. The molecule has 2 N–H and O–H groups in total. The van der Waals surface area contributed by atoms with Crippen molar-refractivity contribution in [1.82, 2.24) is 0 Å². The highest BCUT2D eigenvalue weighted by Gasteiger charge is 2.13. The Morgan fingerprint density at radius 2 is 1.06 bits per heavy atom. The molecule has 0 aliphatic heterocycles. The first-order valence-corrected chi connectivity index (χ1v) is 12.0. The average molecular weight is 366 g/mol. The highest BCUT2D eigenvalue weighted by molar-refractivity contribution is 8.21. The van der Waals surface area contributed by atoms with E-state index in [-0.39, 0.29) is 0 Å². The number of halogens is 1. The summed E-state index contributed by atoms with van der Waals surface area (Å²) >= 11 is 0. The van der Waals surface area contributed by atoms with Crippen molar-refractivity contribution in [2.75, 3.05) is 22.7 Å². The number of rotatable bonds is 4. The summed E-state index contributed by atoms with van der Waals surface area (Å²) in [6, 6.07) is 0. The van der Waals surface area contributed by atoms with E-state index in [2.05, 4.69) is 15.8 Å². The number of nitrogens with two attached hydrogens (primary N) is 1. The predicted octanol–water partition coefficient (Wildman–Crippen LogP) is -2.17. The number of sulfonamides is 1. The zero-order chi connectivity index (χ0) is 15.4. The lowest BCUT2D eigenvalue weighted by molar-refractivity contribution is 0.591. The summed E-state index contributed by atoms with van der Waals surface area (Å²) in [4.78, 5) is 0. The van der Waals surface area contributed by atoms with Crippen molar-refractivity contribution in [2.45, 2.75) is 0 Å². The average Bonchev–Trinajstić information content (AvgIpc) is 1.64. The second-order valence-corrected chi connectivity index (χ2v) is 12.7. The Bertz CT molecular complexity index is 547. The topological polar surface area (TPSA) is 163 Å². The van der Waals surface area contributed by atoms with Gasteiger partial charge in [-0.15, -0.1) is 0 Å². The van der Waals surface area contributed by atoms with E-state index in [1.54, 1.807) is 0 Å². The van der Waals surface area contributed by atoms with E-state index in [4.69, 9.17) is 0 Å². The molecule has 0 spiro atoms. The molecule has 0 amide bonds. The lowest BCUT2D eigenvalue weighted by Gasteiger charge is -1.91. The number of hydrogen-bond acceptors (Lipinski definition) is 8. The number of primary sulfonamides is 1. The van der Waals surface area contributed by atoms with Crippen LogP contribution in [0.1, 0.15) is 0 Å². The van der Waals surface area contributed by atoms with Crippen molar-refractivity contribution >= 4 is 49.4 Å². The van der Waals surface area contributed by atoms with Crippen molar-refractivity contribution in [2.24, 2.45) is 5.14 Å². The molecule has 0 aromatic carbocycles. The van der Waals surface area contributed by atoms with Crippen LogP contribution in [-0.2, 0) is 38.7 Å². The van der Waals surface area contributed by atoms with Crippen molar-refractivity contribution in [3.63, 3.8) is 0 Å². The van der Waals surface area contributed by atoms with Crippen LogP contribution in [0.5, 0.6) is 0 Å². The standard InChI is InChI=1S/C2H5ClO4S2.C2H7NO4S2/c2*1-8(4,5)2-9(3,6)7/h2H2,1H3;2H2,1H3,(H2,3,6,7). The minimum absolute atomic E-state index is 0.799. The zero-order valence-corrected chi connectivity index (χ0v) is 13.3. The molecule has 0 heterocycles. The van der Waals surface area contributed by atoms with Crippen LogP contribution in [0.25, 0.3) is 0 Å². The van der Waals surface area contributed by atoms with Gasteiger partial charge in [0.15, 0.2) is 29.8 Å². The molecule has 0 aliphatic rings. The van der Waals surface area contributed by atoms with Crippen LogP contribution in [0.15, 0.2) is 0 Å². The van der Waals surface area contributed by atoms with Crippen LogP contribution in [0.3, 0.4) is 0 Å². The van der Waals surface area contributed by atoms with E-state index < -0.39 is 48.9 Å². The molecule has 0 unspecified atom stereocenters. The summed E-state index contributed by atoms with van der Waals surface area (Å²) in [7, 11) is -10.2. The van der Waals surface area contributed by atoms with Gasteiger partial charge in [0.25, 0.3) is 0 Å². The molecule has 0 fully saturated rings. The van der Waals surface area contributed by atoms with E-state index in [0.717, 1.165) is 12.5 Å². The van der Waals surface area contributed by atoms with Crippen molar-refractivity contribution in [3.05, 3.63) is 0 Å². The van der Waals surface area contributed by atoms with Gasteiger partial charge in [-0.3, -0.25) is 0 Å². The first-order valence-electron chi connectivity index (χ1n) is 3.69. The van der Waals surface area contributed by atoms with Gasteiger partial charge in [-0.1, -0.05) is 0 Å². The quantitative estimate of drug-likeness (QED) is 0.550. The predicted molar refractivity (Wildman–Crippen MR) is 67.3 cm³/mol. The molecule has 0 aromatic rings. The molecule has 0 saturated carbocycles. The van der Waals surface area contributed by atoms with Crippen LogP contribution in [0, 0.1) is 0 Å². The second kappa shape index (κ2) is 6.47. The lowest BCUT2D eigenvalue weighted by atomic mass is 11.9. The fraction of sp³-hybridized carbons (Fsp3) is 1.00. The molecule has 0 rings (SSSR count). The fourth-order valence-electron chi connectivity index (χ4n) is 0.554. The van der Waals surface area contributed by atoms with E-state index in [0.29, 0.717) is 0 Å². The summed E-state index contributed by atoms with van der Waals surface area (Å²) in [6.07, 6.45) is 1.60. The van der Waals surface area contributed by atoms with Crippen LogP contribution in [0.2, 0.25) is 0 Å². The maximum atomic E-state index is 10.2. The van der Waals surface area contributed by atoms with Gasteiger partial charge < -0.3 is 0 Å². The van der Waals surface area contributed by atoms with Gasteiger partial charge >= 0.3 is 0 Å². The third kappa shape index (κ3) is 25.0. The highest BCUT2D eigenvalue weighted by Crippen LogP contribution is 1.99. The number of hydrogen-bond donors (Lipinski definition) is 1. The van der Waals surface area contributed by atoms with Crippen LogP contribution in [-0.4, -0.2) is 56.4 Å². The SMILES string of the molecule is CS(=O)(=O)CS(=O)(=O)Cl.CS(=O)(=O)CS(N)(=O)=O. The zero-order valence-electron chi connectivity index (χ0n) is 9.27. The molecule has 0 radical (unpaired) electrons. The first-order chi connectivity index (χ1) is 7.41. The van der Waals surface area contributed by atoms with Gasteiger partial charge in [-0.2, -0.15) is 0 Å². The van der Waals surface area contributed by atoms with Gasteiger partial charge in [0, 0.05) is 23.2 Å². The summed E-state index contributed by atoms with van der Waals surface area (Å²) in [5.74, 6) is 0. The smallest absolute Gasteiger partial charge is 0.228 e. The molecule has 0 aliphatic carbocycles. The molecule has 0 atom stereocenters. The Balaban J connectivity index is 0. The largest absolute Gasteiger partial charge is 0.246 e. The maximum Gasteiger partial charge on any atom is 0.246 e. The van der Waals surface area contributed by atoms with E-state index in [9.17, 15) is 33.7 Å². The minimum atomic E-state index is -3.90. The molecule has 0 bridgehead atoms. The monoisotopic (exact) mass is 365 g/mol. The molecular weight excluding hydrogens is 354 g/mol. The Kier molecular flexibility index (Phi) is 7.32. The van der Waals surface area contributed by atoms with Crippen LogP contribution < -0.4 is 5.14 Å². The number of sulfone groups is 2. The van der Waals surface area contributed by atoms with Crippen LogP contribution >= 0.6 is 10.7 Å². The Morgan fingerprint density at radius 3 is 1.06 bits per heavy atom. The maximum absolute atomic E-state index is 10.2. The summed E-state index contributed by atoms with van der Waals surface area (Å²) < 4.78 is 80.9. The third-order valence-electron chi connectivity index (χ3n) is 0.733. The Hall–Kier alpha value is 0.0500. The van der Waals surface area contributed by atoms with Gasteiger partial charge in [-0.25, -0.2) is 38.8 Å². The van der Waals surface area contributed by atoms with Crippen molar-refractivity contribution in [1.29, 1.82) is 0 Å². The van der Waals surface area contributed by atoms with Crippen LogP contribution in [0.4, 0.5) is 0 Å². The Morgan fingerprint density at radius 1 is 0.778 bits per heavy atom. The molecule has 9 nitrogen and oxygen atoms in total. The lowest BCUT2D eigenvalue weighted by Crippen LogP contribution is -2.22. The van der Waals surface area contributed by atoms with Gasteiger partial charge in [0.1, 0.15) is 0 Å². The molecule has 0 saturated heterocycles. The van der Waals surface area contributed by atoms with Crippen molar-refractivity contribution < 1.29 is 33.7 Å². The van der Waals surface area contributed by atoms with Gasteiger partial charge in [-0.05, 0) is 0 Å². The Labute approximate surface area is 111 Å². The molecule has 14 heteroatoms. The molecule has 18 heavy (non-hydrogen) atoms. The van der Waals surface area contributed by atoms with Gasteiger partial charge in [0.05, 0.1) is 0 Å². The molecule has 112 valence electrons. The van der Waals surface area contributed by atoms with Gasteiger partial charge in [0.2, 0.25) is 19.1 Å². The molecular formula is C4H12ClNO8S4. The van der Waals surface area contributed by atoms with E-state index >= 15 is 0 Å². The normalized spacial score (nSPS) is 13.6. The summed E-state index contributed by atoms with van der Waals surface area (Å²) in [5, 5.41) is 2.43. The fourth-order valence-corrected chi connectivity index (χ4v) is 6.44. The summed E-state index contributed by atoms with van der Waals surface area (Å²) in [5.41, 5.74) is 0. The van der Waals surface area contributed by atoms with Crippen molar-refractivity contribution in [3.8, 4) is 0 Å². The third-order valence-corrected chi connectivity index (χ3v) is 7.40. The highest BCUT2D eigenvalue weighted by atomic mass is 35.7. The summed E-state index contributed by atoms with van der Waals surface area (Å²) in [6.45, 7) is 0.